The van der Waals surface area contributed by atoms with Crippen molar-refractivity contribution < 1.29 is 4.74 Å². The lowest BCUT2D eigenvalue weighted by atomic mass is 10.3. The van der Waals surface area contributed by atoms with Gasteiger partial charge in [-0.15, -0.1) is 0 Å². The first-order valence-corrected chi connectivity index (χ1v) is 3.18. The highest BCUT2D eigenvalue weighted by Gasteiger charge is 2.07. The lowest BCUT2D eigenvalue weighted by molar-refractivity contribution is 0.0753. The number of nitrogens with one attached hydrogen (secondary N) is 1. The fourth-order valence-electron chi connectivity index (χ4n) is 0.673. The van der Waals surface area contributed by atoms with E-state index in [2.05, 4.69) is 17.5 Å². The van der Waals surface area contributed by atoms with Gasteiger partial charge in [0.05, 0.1) is 12.7 Å². The number of thiocarbonyl (C=S) groups is 1. The SMILES string of the molecule is S=CC1CNCCO1. The van der Waals surface area contributed by atoms with Crippen LogP contribution in [0.4, 0.5) is 0 Å². The first kappa shape index (κ1) is 6.13. The summed E-state index contributed by atoms with van der Waals surface area (Å²) in [6.07, 6.45) is 0.166. The highest BCUT2D eigenvalue weighted by molar-refractivity contribution is 7.79. The van der Waals surface area contributed by atoms with Gasteiger partial charge in [-0.1, -0.05) is 12.2 Å². The predicted molar refractivity (Wildman–Crippen MR) is 36.3 cm³/mol. The molecule has 1 aliphatic heterocycles. The lowest BCUT2D eigenvalue weighted by Gasteiger charge is -2.19. The Labute approximate surface area is 54.2 Å². The maximum Gasteiger partial charge on any atom is 0.0982 e. The Morgan fingerprint density at radius 1 is 1.75 bits per heavy atom. The van der Waals surface area contributed by atoms with Gasteiger partial charge in [-0.2, -0.15) is 0 Å². The molecular formula is C5H9NOS. The molecular weight excluding hydrogens is 122 g/mol. The number of morpholine rings is 1. The normalized spacial score (nSPS) is 29.8. The second kappa shape index (κ2) is 3.12. The summed E-state index contributed by atoms with van der Waals surface area (Å²) in [5.74, 6) is 0. The van der Waals surface area contributed by atoms with E-state index in [0.717, 1.165) is 19.7 Å². The molecule has 1 heterocycles. The monoisotopic (exact) mass is 131 g/mol. The Hall–Kier alpha value is 0.0100. The highest BCUT2D eigenvalue weighted by Crippen LogP contribution is 1.90. The van der Waals surface area contributed by atoms with Gasteiger partial charge in [-0.05, 0) is 0 Å². The van der Waals surface area contributed by atoms with Crippen molar-refractivity contribution in [2.24, 2.45) is 0 Å². The Balaban J connectivity index is 2.22. The van der Waals surface area contributed by atoms with E-state index in [1.165, 1.54) is 0 Å². The molecule has 1 N–H and O–H groups in total. The van der Waals surface area contributed by atoms with Crippen LogP contribution in [0.5, 0.6) is 0 Å². The van der Waals surface area contributed by atoms with Crippen LogP contribution >= 0.6 is 12.2 Å². The molecule has 3 heteroatoms. The third kappa shape index (κ3) is 1.51. The van der Waals surface area contributed by atoms with Gasteiger partial charge >= 0.3 is 0 Å². The van der Waals surface area contributed by atoms with E-state index in [4.69, 9.17) is 4.74 Å². The maximum atomic E-state index is 5.20. The molecule has 1 atom stereocenters. The van der Waals surface area contributed by atoms with Crippen molar-refractivity contribution in [2.75, 3.05) is 19.7 Å². The number of hydrogen-bond acceptors (Lipinski definition) is 3. The minimum Gasteiger partial charge on any atom is -0.371 e. The van der Waals surface area contributed by atoms with Gasteiger partial charge < -0.3 is 10.1 Å². The summed E-state index contributed by atoms with van der Waals surface area (Å²) in [6.45, 7) is 2.63. The highest BCUT2D eigenvalue weighted by atomic mass is 32.1. The molecule has 0 radical (unpaired) electrons. The molecule has 0 bridgehead atoms. The van der Waals surface area contributed by atoms with Gasteiger partial charge in [0, 0.05) is 18.5 Å². The molecule has 2 nitrogen and oxygen atoms in total. The summed E-state index contributed by atoms with van der Waals surface area (Å²) < 4.78 is 5.20. The largest absolute Gasteiger partial charge is 0.371 e. The fraction of sp³-hybridized carbons (Fsp3) is 0.800. The summed E-state index contributed by atoms with van der Waals surface area (Å²) in [5.41, 5.74) is 0. The fourth-order valence-corrected chi connectivity index (χ4v) is 0.848. The summed E-state index contributed by atoms with van der Waals surface area (Å²) in [6, 6.07) is 0. The van der Waals surface area contributed by atoms with Gasteiger partial charge in [-0.3, -0.25) is 0 Å². The van der Waals surface area contributed by atoms with Crippen LogP contribution in [0.15, 0.2) is 0 Å². The molecule has 1 aliphatic rings. The molecule has 0 aromatic heterocycles. The Morgan fingerprint density at radius 3 is 3.00 bits per heavy atom. The molecule has 8 heavy (non-hydrogen) atoms. The van der Waals surface area contributed by atoms with Crippen LogP contribution in [0.1, 0.15) is 0 Å². The van der Waals surface area contributed by atoms with E-state index >= 15 is 0 Å². The zero-order chi connectivity index (χ0) is 5.82. The molecule has 1 unspecified atom stereocenters. The maximum absolute atomic E-state index is 5.20. The van der Waals surface area contributed by atoms with Gasteiger partial charge in [0.2, 0.25) is 0 Å². The molecule has 46 valence electrons. The Bertz CT molecular complexity index is 80.5. The second-order valence-corrected chi connectivity index (χ2v) is 2.02. The van der Waals surface area contributed by atoms with Gasteiger partial charge in [0.1, 0.15) is 0 Å². The van der Waals surface area contributed by atoms with Crippen LogP contribution in [-0.4, -0.2) is 31.2 Å². The van der Waals surface area contributed by atoms with Gasteiger partial charge in [-0.25, -0.2) is 0 Å². The number of hydrogen-bond donors (Lipinski definition) is 1. The quantitative estimate of drug-likeness (QED) is 0.505. The zero-order valence-electron chi connectivity index (χ0n) is 4.59. The van der Waals surface area contributed by atoms with Crippen LogP contribution in [0, 0.1) is 0 Å². The number of ether oxygens (including phenoxy) is 1. The smallest absolute Gasteiger partial charge is 0.0982 e. The second-order valence-electron chi connectivity index (χ2n) is 1.75. The van der Waals surface area contributed by atoms with Gasteiger partial charge in [0.15, 0.2) is 0 Å². The van der Waals surface area contributed by atoms with Crippen molar-refractivity contribution in [3.8, 4) is 0 Å². The molecule has 0 spiro atoms. The average molecular weight is 131 g/mol. The van der Waals surface area contributed by atoms with Crippen molar-refractivity contribution in [2.45, 2.75) is 6.10 Å². The Morgan fingerprint density at radius 2 is 2.62 bits per heavy atom. The molecule has 1 saturated heterocycles. The predicted octanol–water partition coefficient (Wildman–Crippen LogP) is -0.0255. The summed E-state index contributed by atoms with van der Waals surface area (Å²) >= 11 is 4.68. The number of rotatable bonds is 1. The molecule has 0 saturated carbocycles. The minimum absolute atomic E-state index is 0.166. The van der Waals surface area contributed by atoms with E-state index in [-0.39, 0.29) is 6.10 Å². The molecule has 0 aromatic rings. The van der Waals surface area contributed by atoms with Crippen molar-refractivity contribution >= 4 is 17.6 Å². The van der Waals surface area contributed by atoms with Crippen LogP contribution in [-0.2, 0) is 4.74 Å². The standard InChI is InChI=1S/C5H9NOS/c8-4-5-3-6-1-2-7-5/h4-6H,1-3H2. The third-order valence-electron chi connectivity index (χ3n) is 1.11. The molecule has 0 aromatic carbocycles. The molecule has 1 fully saturated rings. The van der Waals surface area contributed by atoms with E-state index in [0.29, 0.717) is 0 Å². The van der Waals surface area contributed by atoms with Crippen molar-refractivity contribution in [1.82, 2.24) is 5.32 Å². The lowest BCUT2D eigenvalue weighted by Crippen LogP contribution is -2.38. The van der Waals surface area contributed by atoms with E-state index in [1.54, 1.807) is 5.37 Å². The first-order chi connectivity index (χ1) is 3.93. The summed E-state index contributed by atoms with van der Waals surface area (Å²) in [7, 11) is 0. The van der Waals surface area contributed by atoms with Crippen LogP contribution < -0.4 is 5.32 Å². The van der Waals surface area contributed by atoms with Crippen molar-refractivity contribution in [1.29, 1.82) is 0 Å². The van der Waals surface area contributed by atoms with Crippen LogP contribution in [0.2, 0.25) is 0 Å². The summed E-state index contributed by atoms with van der Waals surface area (Å²) in [5, 5.41) is 4.82. The van der Waals surface area contributed by atoms with Crippen LogP contribution in [0.3, 0.4) is 0 Å². The third-order valence-corrected chi connectivity index (χ3v) is 1.41. The van der Waals surface area contributed by atoms with Gasteiger partial charge in [0.25, 0.3) is 0 Å². The topological polar surface area (TPSA) is 21.3 Å². The van der Waals surface area contributed by atoms with Crippen molar-refractivity contribution in [3.63, 3.8) is 0 Å². The van der Waals surface area contributed by atoms with Crippen LogP contribution in [0.25, 0.3) is 0 Å². The molecule has 1 rings (SSSR count). The van der Waals surface area contributed by atoms with Crippen molar-refractivity contribution in [3.05, 3.63) is 0 Å². The molecule has 0 amide bonds. The minimum atomic E-state index is 0.166. The summed E-state index contributed by atoms with van der Waals surface area (Å²) in [4.78, 5) is 0. The zero-order valence-corrected chi connectivity index (χ0v) is 5.41. The van der Waals surface area contributed by atoms with E-state index in [1.807, 2.05) is 0 Å². The average Bonchev–Trinajstić information content (AvgIpc) is 1.90. The molecule has 0 aliphatic carbocycles. The van der Waals surface area contributed by atoms with E-state index in [9.17, 15) is 0 Å². The first-order valence-electron chi connectivity index (χ1n) is 2.71. The Kier molecular flexibility index (Phi) is 2.39. The van der Waals surface area contributed by atoms with E-state index < -0.39 is 0 Å².